The summed E-state index contributed by atoms with van der Waals surface area (Å²) >= 11 is 0. The lowest BCUT2D eigenvalue weighted by molar-refractivity contribution is 0.140. The summed E-state index contributed by atoms with van der Waals surface area (Å²) in [6.45, 7) is 0.773. The van der Waals surface area contributed by atoms with Crippen molar-refractivity contribution in [1.82, 2.24) is 9.80 Å². The molecule has 2 atom stereocenters. The Kier molecular flexibility index (Phi) is 7.22. The fourth-order valence-electron chi connectivity index (χ4n) is 4.74. The molecule has 4 amide bonds. The molecule has 12 heteroatoms. The van der Waals surface area contributed by atoms with Gasteiger partial charge >= 0.3 is 12.1 Å². The summed E-state index contributed by atoms with van der Waals surface area (Å²) < 4.78 is 39.0. The molecule has 2 heterocycles. The third-order valence-corrected chi connectivity index (χ3v) is 7.73. The zero-order valence-electron chi connectivity index (χ0n) is 20.6. The highest BCUT2D eigenvalue weighted by molar-refractivity contribution is 7.90. The van der Waals surface area contributed by atoms with Crippen LogP contribution in [0, 0.1) is 22.7 Å². The second-order valence-corrected chi connectivity index (χ2v) is 11.1. The number of nitriles is 2. The molecular formula is C26H24FN5O5S. The molecule has 0 bridgehead atoms. The van der Waals surface area contributed by atoms with Gasteiger partial charge in [0.05, 0.1) is 40.0 Å². The Morgan fingerprint density at radius 2 is 1.92 bits per heavy atom. The number of β-amino-alcohol motifs (C(OH)–C–C–N with tert-alkyl or cyclic N) is 1. The van der Waals surface area contributed by atoms with Gasteiger partial charge in [0.1, 0.15) is 12.7 Å². The molecule has 2 aromatic rings. The average molecular weight is 538 g/mol. The number of imide groups is 1. The Morgan fingerprint density at radius 1 is 1.18 bits per heavy atom. The predicted octanol–water partition coefficient (Wildman–Crippen LogP) is 3.40. The number of hydrogen-bond acceptors (Lipinski definition) is 7. The van der Waals surface area contributed by atoms with Gasteiger partial charge in [-0.3, -0.25) is 4.90 Å². The smallest absolute Gasteiger partial charge is 0.337 e. The molecular weight excluding hydrogens is 513 g/mol. The van der Waals surface area contributed by atoms with E-state index in [-0.39, 0.29) is 58.1 Å². The summed E-state index contributed by atoms with van der Waals surface area (Å²) in [5.74, 6) is 0. The van der Waals surface area contributed by atoms with Crippen LogP contribution in [0.4, 0.5) is 19.7 Å². The number of urea groups is 2. The highest BCUT2D eigenvalue weighted by Crippen LogP contribution is 2.42. The van der Waals surface area contributed by atoms with Crippen LogP contribution in [0.5, 0.6) is 0 Å². The zero-order chi connectivity index (χ0) is 27.8. The molecule has 0 saturated carbocycles. The molecule has 2 aliphatic heterocycles. The standard InChI is InChI=1S/C26H24FN5O5S/c1-16-22(14-29)24(21-7-6-18(13-28)11-23(21)38(2,36)37)32(25(34)30-9-8-20(33)15-30)26(35)31(16)19-5-3-4-17(10-19)12-27/h3-7,10-11,20,24,33H,8-9,12,15H2,1-2H3/t20?,24-/m1/s1. The van der Waals surface area contributed by atoms with E-state index in [4.69, 9.17) is 0 Å². The largest absolute Gasteiger partial charge is 0.391 e. The molecule has 0 aliphatic carbocycles. The van der Waals surface area contributed by atoms with Gasteiger partial charge in [-0.25, -0.2) is 27.3 Å². The molecule has 1 saturated heterocycles. The van der Waals surface area contributed by atoms with E-state index in [0.717, 1.165) is 22.1 Å². The number of amides is 4. The number of benzene rings is 2. The number of aliphatic hydroxyl groups excluding tert-OH is 1. The quantitative estimate of drug-likeness (QED) is 0.629. The van der Waals surface area contributed by atoms with Crippen LogP contribution in [0.25, 0.3) is 0 Å². The van der Waals surface area contributed by atoms with Crippen LogP contribution >= 0.6 is 0 Å². The molecule has 0 aromatic heterocycles. The van der Waals surface area contributed by atoms with E-state index in [1.165, 1.54) is 48.2 Å². The highest BCUT2D eigenvalue weighted by atomic mass is 32.2. The summed E-state index contributed by atoms with van der Waals surface area (Å²) in [6.07, 6.45) is 0.410. The van der Waals surface area contributed by atoms with Crippen LogP contribution < -0.4 is 4.90 Å². The molecule has 4 rings (SSSR count). The molecule has 2 aromatic carbocycles. The van der Waals surface area contributed by atoms with Gasteiger partial charge in [-0.2, -0.15) is 10.5 Å². The number of halogens is 1. The first-order chi connectivity index (χ1) is 18.0. The van der Waals surface area contributed by atoms with E-state index in [0.29, 0.717) is 0 Å². The van der Waals surface area contributed by atoms with Gasteiger partial charge in [-0.15, -0.1) is 0 Å². The number of anilines is 1. The van der Waals surface area contributed by atoms with Crippen LogP contribution in [0.3, 0.4) is 0 Å². The summed E-state index contributed by atoms with van der Waals surface area (Å²) in [6, 6.07) is 10.6. The van der Waals surface area contributed by atoms with Gasteiger partial charge in [0, 0.05) is 25.0 Å². The summed E-state index contributed by atoms with van der Waals surface area (Å²) in [4.78, 5) is 30.7. The molecule has 196 valence electrons. The van der Waals surface area contributed by atoms with E-state index in [1.807, 2.05) is 12.1 Å². The minimum absolute atomic E-state index is 0.0268. The van der Waals surface area contributed by atoms with Gasteiger partial charge in [-0.1, -0.05) is 18.2 Å². The van der Waals surface area contributed by atoms with Crippen molar-refractivity contribution in [3.05, 3.63) is 70.4 Å². The number of alkyl halides is 1. The van der Waals surface area contributed by atoms with Gasteiger partial charge in [-0.05, 0) is 48.7 Å². The Balaban J connectivity index is 2.00. The molecule has 1 unspecified atom stereocenters. The van der Waals surface area contributed by atoms with Crippen LogP contribution in [-0.4, -0.2) is 60.8 Å². The Labute approximate surface area is 219 Å². The summed E-state index contributed by atoms with van der Waals surface area (Å²) in [7, 11) is -3.97. The van der Waals surface area contributed by atoms with Gasteiger partial charge < -0.3 is 10.0 Å². The number of carbonyl (C=O) groups is 2. The maximum Gasteiger partial charge on any atom is 0.337 e. The number of nitrogens with zero attached hydrogens (tertiary/aromatic N) is 5. The normalized spacial score (nSPS) is 19.9. The maximum atomic E-state index is 14.0. The van der Waals surface area contributed by atoms with Crippen molar-refractivity contribution < 1.29 is 27.5 Å². The average Bonchev–Trinajstić information content (AvgIpc) is 3.33. The van der Waals surface area contributed by atoms with Crippen molar-refractivity contribution in [2.75, 3.05) is 24.2 Å². The van der Waals surface area contributed by atoms with E-state index < -0.39 is 40.7 Å². The number of rotatable bonds is 4. The first kappa shape index (κ1) is 26.8. The van der Waals surface area contributed by atoms with Crippen molar-refractivity contribution >= 4 is 27.6 Å². The fourth-order valence-corrected chi connectivity index (χ4v) is 5.69. The van der Waals surface area contributed by atoms with Crippen LogP contribution in [0.1, 0.15) is 36.1 Å². The number of carbonyl (C=O) groups excluding carboxylic acids is 2. The maximum absolute atomic E-state index is 14.0. The second-order valence-electron chi connectivity index (χ2n) is 9.11. The fraction of sp³-hybridized carbons (Fsp3) is 0.308. The third kappa shape index (κ3) is 4.72. The number of likely N-dealkylation sites (tertiary alicyclic amines) is 1. The van der Waals surface area contributed by atoms with Crippen molar-refractivity contribution in [1.29, 1.82) is 10.5 Å². The van der Waals surface area contributed by atoms with Crippen LogP contribution in [-0.2, 0) is 16.5 Å². The molecule has 1 N–H and O–H groups in total. The molecule has 2 aliphatic rings. The lowest BCUT2D eigenvalue weighted by Crippen LogP contribution is -2.55. The van der Waals surface area contributed by atoms with Crippen molar-refractivity contribution in [2.24, 2.45) is 0 Å². The Hall–Kier alpha value is -4.26. The number of hydrogen-bond donors (Lipinski definition) is 1. The number of allylic oxidation sites excluding steroid dienone is 1. The van der Waals surface area contributed by atoms with E-state index in [2.05, 4.69) is 0 Å². The lowest BCUT2D eigenvalue weighted by atomic mass is 9.93. The van der Waals surface area contributed by atoms with Crippen LogP contribution in [0.2, 0.25) is 0 Å². The van der Waals surface area contributed by atoms with Gasteiger partial charge in [0.25, 0.3) is 0 Å². The monoisotopic (exact) mass is 537 g/mol. The summed E-state index contributed by atoms with van der Waals surface area (Å²) in [5.41, 5.74) is 0.555. The number of sulfone groups is 1. The first-order valence-corrected chi connectivity index (χ1v) is 13.5. The van der Waals surface area contributed by atoms with Gasteiger partial charge in [0.15, 0.2) is 9.84 Å². The van der Waals surface area contributed by atoms with Crippen LogP contribution in [0.15, 0.2) is 58.6 Å². The SMILES string of the molecule is CC1=C(C#N)[C@@H](c2ccc(C#N)cc2S(C)(=O)=O)N(C(=O)N2CCC(O)C2)C(=O)N1c1cccc(CF)c1. The predicted molar refractivity (Wildman–Crippen MR) is 134 cm³/mol. The van der Waals surface area contributed by atoms with Gasteiger partial charge in [0.2, 0.25) is 0 Å². The molecule has 38 heavy (non-hydrogen) atoms. The molecule has 1 fully saturated rings. The first-order valence-electron chi connectivity index (χ1n) is 11.6. The zero-order valence-corrected chi connectivity index (χ0v) is 21.4. The summed E-state index contributed by atoms with van der Waals surface area (Å²) in [5, 5.41) is 29.6. The van der Waals surface area contributed by atoms with Crippen molar-refractivity contribution in [3.63, 3.8) is 0 Å². The van der Waals surface area contributed by atoms with E-state index in [1.54, 1.807) is 0 Å². The second kappa shape index (κ2) is 10.2. The van der Waals surface area contributed by atoms with Crippen molar-refractivity contribution in [3.8, 4) is 12.1 Å². The lowest BCUT2D eigenvalue weighted by Gasteiger charge is -2.42. The Bertz CT molecular complexity index is 1540. The Morgan fingerprint density at radius 3 is 2.50 bits per heavy atom. The molecule has 0 radical (unpaired) electrons. The minimum Gasteiger partial charge on any atom is -0.391 e. The minimum atomic E-state index is -3.97. The number of aliphatic hydroxyl groups is 1. The third-order valence-electron chi connectivity index (χ3n) is 6.57. The topological polar surface area (TPSA) is 146 Å². The molecule has 10 nitrogen and oxygen atoms in total. The highest BCUT2D eigenvalue weighted by Gasteiger charge is 2.47. The van der Waals surface area contributed by atoms with Crippen molar-refractivity contribution in [2.45, 2.75) is 37.1 Å². The molecule has 0 spiro atoms. The van der Waals surface area contributed by atoms with E-state index in [9.17, 15) is 38.0 Å². The van der Waals surface area contributed by atoms with E-state index >= 15 is 0 Å².